The Balaban J connectivity index is 2.84. The Kier molecular flexibility index (Phi) is 1.72. The summed E-state index contributed by atoms with van der Waals surface area (Å²) in [7, 11) is 0. The van der Waals surface area contributed by atoms with Crippen molar-refractivity contribution in [3.8, 4) is 6.07 Å². The number of nitrogens with zero attached hydrogens (tertiary/aromatic N) is 1. The molecule has 0 aliphatic rings. The molecule has 0 saturated carbocycles. The molecule has 0 spiro atoms. The van der Waals surface area contributed by atoms with Crippen molar-refractivity contribution in [1.82, 2.24) is 4.98 Å². The molecule has 1 aromatic carbocycles. The van der Waals surface area contributed by atoms with Crippen LogP contribution in [-0.4, -0.2) is 16.1 Å². The molecule has 68 valence electrons. The van der Waals surface area contributed by atoms with E-state index in [2.05, 4.69) is 4.98 Å². The van der Waals surface area contributed by atoms with Gasteiger partial charge < -0.3 is 10.1 Å². The minimum absolute atomic E-state index is 0.192. The zero-order valence-corrected chi connectivity index (χ0v) is 7.11. The highest BCUT2D eigenvalue weighted by molar-refractivity contribution is 6.04. The molecule has 2 rings (SSSR count). The number of aromatic nitrogens is 1. The third-order valence-electron chi connectivity index (χ3n) is 2.07. The number of carboxylic acid groups (broad SMARTS) is 1. The summed E-state index contributed by atoms with van der Waals surface area (Å²) in [5.41, 5.74) is 1.22. The van der Waals surface area contributed by atoms with E-state index in [1.54, 1.807) is 18.2 Å². The molecule has 4 heteroatoms. The number of carbonyl (C=O) groups is 1. The number of nitrogens with one attached hydrogen (secondary N) is 1. The lowest BCUT2D eigenvalue weighted by atomic mass is 10.1. The fourth-order valence-corrected chi connectivity index (χ4v) is 1.42. The molecular weight excluding hydrogens is 180 g/mol. The molecule has 1 aromatic heterocycles. The molecule has 0 saturated heterocycles. The molecule has 4 nitrogen and oxygen atoms in total. The van der Waals surface area contributed by atoms with Crippen LogP contribution in [0.2, 0.25) is 0 Å². The molecule has 0 radical (unpaired) electrons. The van der Waals surface area contributed by atoms with Crippen LogP contribution in [0.15, 0.2) is 24.4 Å². The summed E-state index contributed by atoms with van der Waals surface area (Å²) in [6.45, 7) is 0. The minimum atomic E-state index is -0.994. The third kappa shape index (κ3) is 1.04. The van der Waals surface area contributed by atoms with Crippen LogP contribution < -0.4 is 0 Å². The Labute approximate surface area is 79.4 Å². The van der Waals surface area contributed by atoms with E-state index in [0.717, 1.165) is 0 Å². The van der Waals surface area contributed by atoms with Crippen molar-refractivity contribution in [2.75, 3.05) is 0 Å². The van der Waals surface area contributed by atoms with Gasteiger partial charge in [0.25, 0.3) is 0 Å². The highest BCUT2D eigenvalue weighted by atomic mass is 16.4. The molecule has 14 heavy (non-hydrogen) atoms. The number of para-hydroxylation sites is 1. The number of hydrogen-bond donors (Lipinski definition) is 2. The zero-order valence-electron chi connectivity index (χ0n) is 7.11. The highest BCUT2D eigenvalue weighted by Gasteiger charge is 2.11. The van der Waals surface area contributed by atoms with Crippen molar-refractivity contribution >= 4 is 16.9 Å². The fourth-order valence-electron chi connectivity index (χ4n) is 1.42. The topological polar surface area (TPSA) is 76.9 Å². The lowest BCUT2D eigenvalue weighted by Gasteiger charge is -1.93. The Morgan fingerprint density at radius 1 is 1.50 bits per heavy atom. The lowest BCUT2D eigenvalue weighted by Crippen LogP contribution is -1.93. The van der Waals surface area contributed by atoms with E-state index < -0.39 is 5.97 Å². The molecule has 0 aliphatic carbocycles. The van der Waals surface area contributed by atoms with E-state index >= 15 is 0 Å². The van der Waals surface area contributed by atoms with Crippen molar-refractivity contribution in [3.05, 3.63) is 35.5 Å². The van der Waals surface area contributed by atoms with Crippen molar-refractivity contribution < 1.29 is 9.90 Å². The quantitative estimate of drug-likeness (QED) is 0.712. The second-order valence-electron chi connectivity index (χ2n) is 2.85. The first-order valence-corrected chi connectivity index (χ1v) is 3.97. The smallest absolute Gasteiger partial charge is 0.337 e. The SMILES string of the molecule is N#Cc1cccc2c(C(=O)O)c[nH]c12. The van der Waals surface area contributed by atoms with Gasteiger partial charge in [0.2, 0.25) is 0 Å². The van der Waals surface area contributed by atoms with Crippen LogP contribution in [0.25, 0.3) is 10.9 Å². The van der Waals surface area contributed by atoms with Gasteiger partial charge in [-0.25, -0.2) is 4.79 Å². The average molecular weight is 186 g/mol. The van der Waals surface area contributed by atoms with E-state index in [9.17, 15) is 4.79 Å². The zero-order chi connectivity index (χ0) is 10.1. The molecule has 1 heterocycles. The van der Waals surface area contributed by atoms with Gasteiger partial charge in [-0.15, -0.1) is 0 Å². The van der Waals surface area contributed by atoms with Gasteiger partial charge in [0.15, 0.2) is 0 Å². The van der Waals surface area contributed by atoms with E-state index in [-0.39, 0.29) is 5.56 Å². The number of aromatic amines is 1. The molecule has 0 amide bonds. The number of aromatic carboxylic acids is 1. The Hall–Kier alpha value is -2.28. The van der Waals surface area contributed by atoms with E-state index in [4.69, 9.17) is 10.4 Å². The maximum Gasteiger partial charge on any atom is 0.337 e. The van der Waals surface area contributed by atoms with Gasteiger partial charge in [-0.3, -0.25) is 0 Å². The summed E-state index contributed by atoms with van der Waals surface area (Å²) in [4.78, 5) is 13.6. The van der Waals surface area contributed by atoms with Gasteiger partial charge in [0, 0.05) is 11.6 Å². The van der Waals surface area contributed by atoms with Gasteiger partial charge in [-0.2, -0.15) is 5.26 Å². The van der Waals surface area contributed by atoms with Crippen LogP contribution in [0.1, 0.15) is 15.9 Å². The van der Waals surface area contributed by atoms with E-state index in [0.29, 0.717) is 16.5 Å². The summed E-state index contributed by atoms with van der Waals surface area (Å²) >= 11 is 0. The van der Waals surface area contributed by atoms with E-state index in [1.807, 2.05) is 6.07 Å². The second kappa shape index (κ2) is 2.89. The number of carboxylic acids is 1. The standard InChI is InChI=1S/C10H6N2O2/c11-4-6-2-1-3-7-8(10(13)14)5-12-9(6)7/h1-3,5,12H,(H,13,14). The summed E-state index contributed by atoms with van der Waals surface area (Å²) in [6.07, 6.45) is 1.40. The lowest BCUT2D eigenvalue weighted by molar-refractivity contribution is 0.0699. The van der Waals surface area contributed by atoms with Crippen molar-refractivity contribution in [1.29, 1.82) is 5.26 Å². The average Bonchev–Trinajstić information content (AvgIpc) is 2.60. The molecule has 0 atom stereocenters. The number of hydrogen-bond acceptors (Lipinski definition) is 2. The first kappa shape index (κ1) is 8.32. The molecule has 2 aromatic rings. The maximum atomic E-state index is 10.8. The predicted octanol–water partition coefficient (Wildman–Crippen LogP) is 1.74. The number of benzene rings is 1. The number of rotatable bonds is 1. The van der Waals surface area contributed by atoms with Crippen LogP contribution in [0.5, 0.6) is 0 Å². The van der Waals surface area contributed by atoms with Crippen LogP contribution in [0.4, 0.5) is 0 Å². The van der Waals surface area contributed by atoms with Crippen molar-refractivity contribution in [2.45, 2.75) is 0 Å². The van der Waals surface area contributed by atoms with Gasteiger partial charge in [0.1, 0.15) is 6.07 Å². The maximum absolute atomic E-state index is 10.8. The summed E-state index contributed by atoms with van der Waals surface area (Å²) < 4.78 is 0. The minimum Gasteiger partial charge on any atom is -0.478 e. The van der Waals surface area contributed by atoms with Crippen LogP contribution in [-0.2, 0) is 0 Å². The monoisotopic (exact) mass is 186 g/mol. The molecule has 0 bridgehead atoms. The normalized spacial score (nSPS) is 9.93. The number of H-pyrrole nitrogens is 1. The second-order valence-corrected chi connectivity index (χ2v) is 2.85. The summed E-state index contributed by atoms with van der Waals surface area (Å²) in [6, 6.07) is 6.99. The van der Waals surface area contributed by atoms with Gasteiger partial charge >= 0.3 is 5.97 Å². The first-order valence-electron chi connectivity index (χ1n) is 3.97. The van der Waals surface area contributed by atoms with Gasteiger partial charge in [-0.1, -0.05) is 12.1 Å². The third-order valence-corrected chi connectivity index (χ3v) is 2.07. The molecule has 0 fully saturated rings. The predicted molar refractivity (Wildman–Crippen MR) is 50.0 cm³/mol. The van der Waals surface area contributed by atoms with Crippen molar-refractivity contribution in [2.24, 2.45) is 0 Å². The van der Waals surface area contributed by atoms with Crippen LogP contribution in [0.3, 0.4) is 0 Å². The molecule has 0 unspecified atom stereocenters. The Bertz CT molecular complexity index is 549. The first-order chi connectivity index (χ1) is 6.74. The van der Waals surface area contributed by atoms with Crippen LogP contribution in [0, 0.1) is 11.3 Å². The number of nitriles is 1. The van der Waals surface area contributed by atoms with Gasteiger partial charge in [0.05, 0.1) is 16.6 Å². The summed E-state index contributed by atoms with van der Waals surface area (Å²) in [5, 5.41) is 18.2. The van der Waals surface area contributed by atoms with Gasteiger partial charge in [-0.05, 0) is 6.07 Å². The van der Waals surface area contributed by atoms with E-state index in [1.165, 1.54) is 6.20 Å². The van der Waals surface area contributed by atoms with Crippen LogP contribution >= 0.6 is 0 Å². The molecule has 2 N–H and O–H groups in total. The summed E-state index contributed by atoms with van der Waals surface area (Å²) in [5.74, 6) is -0.994. The highest BCUT2D eigenvalue weighted by Crippen LogP contribution is 2.20. The Morgan fingerprint density at radius 3 is 2.93 bits per heavy atom. The molecule has 0 aliphatic heterocycles. The fraction of sp³-hybridized carbons (Fsp3) is 0. The Morgan fingerprint density at radius 2 is 2.29 bits per heavy atom. The van der Waals surface area contributed by atoms with Crippen molar-refractivity contribution in [3.63, 3.8) is 0 Å². The largest absolute Gasteiger partial charge is 0.478 e. The molecular formula is C10H6N2O2. The number of fused-ring (bicyclic) bond motifs is 1.